The number of nitrogens with zero attached hydrogens (tertiary/aromatic N) is 1. The number of carboxylic acid groups (broad SMARTS) is 1. The molecule has 2 rings (SSSR count). The molecule has 0 saturated carbocycles. The highest BCUT2D eigenvalue weighted by Gasteiger charge is 2.25. The van der Waals surface area contributed by atoms with Crippen LogP contribution in [0, 0.1) is 5.92 Å². The Balaban J connectivity index is 2.14. The van der Waals surface area contributed by atoms with Crippen LogP contribution in [-0.2, 0) is 16.1 Å². The first-order valence-electron chi connectivity index (χ1n) is 7.19. The van der Waals surface area contributed by atoms with Crippen LogP contribution in [0.5, 0.6) is 0 Å². The van der Waals surface area contributed by atoms with Crippen LogP contribution >= 0.6 is 15.9 Å². The van der Waals surface area contributed by atoms with Gasteiger partial charge in [-0.2, -0.15) is 0 Å². The zero-order valence-electron chi connectivity index (χ0n) is 12.5. The molecule has 0 saturated heterocycles. The number of nitrogens with one attached hydrogen (secondary N) is 1. The number of carbonyl (C=O) groups excluding carboxylic acids is 1. The summed E-state index contributed by atoms with van der Waals surface area (Å²) in [7, 11) is 0. The summed E-state index contributed by atoms with van der Waals surface area (Å²) in [6.07, 6.45) is 2.52. The fourth-order valence-corrected chi connectivity index (χ4v) is 2.87. The lowest BCUT2D eigenvalue weighted by atomic mass is 9.99. The Bertz CT molecular complexity index is 696. The van der Waals surface area contributed by atoms with Crippen molar-refractivity contribution in [1.82, 2.24) is 9.88 Å². The van der Waals surface area contributed by atoms with Gasteiger partial charge in [-0.15, -0.1) is 0 Å². The molecule has 1 amide bonds. The molecular weight excluding hydrogens is 348 g/mol. The Kier molecular flexibility index (Phi) is 5.24. The zero-order valence-corrected chi connectivity index (χ0v) is 14.1. The molecule has 2 atom stereocenters. The van der Waals surface area contributed by atoms with E-state index in [1.807, 2.05) is 48.9 Å². The maximum Gasteiger partial charge on any atom is 0.326 e. The first kappa shape index (κ1) is 16.5. The molecule has 1 heterocycles. The number of halogens is 1. The molecule has 6 heteroatoms. The summed E-state index contributed by atoms with van der Waals surface area (Å²) in [4.78, 5) is 23.4. The Morgan fingerprint density at radius 1 is 1.36 bits per heavy atom. The monoisotopic (exact) mass is 366 g/mol. The van der Waals surface area contributed by atoms with Crippen LogP contribution in [0.15, 0.2) is 34.9 Å². The minimum atomic E-state index is -0.997. The molecule has 0 spiro atoms. The van der Waals surface area contributed by atoms with Crippen LogP contribution in [0.2, 0.25) is 0 Å². The lowest BCUT2D eigenvalue weighted by Crippen LogP contribution is -2.46. The number of hydrogen-bond donors (Lipinski definition) is 2. The Morgan fingerprint density at radius 3 is 2.73 bits per heavy atom. The van der Waals surface area contributed by atoms with Crippen molar-refractivity contribution in [2.75, 3.05) is 0 Å². The fourth-order valence-electron chi connectivity index (χ4n) is 2.38. The smallest absolute Gasteiger partial charge is 0.326 e. The van der Waals surface area contributed by atoms with Gasteiger partial charge in [0.15, 0.2) is 0 Å². The Labute approximate surface area is 137 Å². The average molecular weight is 367 g/mol. The van der Waals surface area contributed by atoms with E-state index in [0.717, 1.165) is 15.4 Å². The first-order valence-corrected chi connectivity index (χ1v) is 7.98. The van der Waals surface area contributed by atoms with E-state index in [2.05, 4.69) is 21.2 Å². The minimum absolute atomic E-state index is 0.0974. The van der Waals surface area contributed by atoms with Crippen molar-refractivity contribution in [1.29, 1.82) is 0 Å². The van der Waals surface area contributed by atoms with Crippen molar-refractivity contribution in [2.24, 2.45) is 5.92 Å². The van der Waals surface area contributed by atoms with Gasteiger partial charge >= 0.3 is 5.97 Å². The highest BCUT2D eigenvalue weighted by molar-refractivity contribution is 9.10. The number of carboxylic acids is 1. The Morgan fingerprint density at radius 2 is 2.09 bits per heavy atom. The number of hydrogen-bond acceptors (Lipinski definition) is 2. The van der Waals surface area contributed by atoms with Crippen LogP contribution in [0.1, 0.15) is 20.3 Å². The van der Waals surface area contributed by atoms with Gasteiger partial charge in [0.1, 0.15) is 12.6 Å². The van der Waals surface area contributed by atoms with Gasteiger partial charge in [0.05, 0.1) is 0 Å². The summed E-state index contributed by atoms with van der Waals surface area (Å²) in [6.45, 7) is 3.82. The molecule has 0 fully saturated rings. The lowest BCUT2D eigenvalue weighted by Gasteiger charge is -2.20. The van der Waals surface area contributed by atoms with Crippen LogP contribution < -0.4 is 5.32 Å². The number of aliphatic carboxylic acids is 1. The second-order valence-corrected chi connectivity index (χ2v) is 6.24. The largest absolute Gasteiger partial charge is 0.480 e. The maximum absolute atomic E-state index is 12.2. The lowest BCUT2D eigenvalue weighted by molar-refractivity contribution is -0.143. The molecule has 2 N–H and O–H groups in total. The third-order valence-electron chi connectivity index (χ3n) is 3.87. The molecular formula is C16H19BrN2O3. The standard InChI is InChI=1S/C16H19BrN2O3/c1-3-10(2)15(16(21)22)18-14(20)9-19-8-7-11-12(17)5-4-6-13(11)19/h4-8,10,15H,3,9H2,1-2H3,(H,18,20)(H,21,22)/t10-,15+/m1/s1. The molecule has 1 aromatic carbocycles. The molecule has 5 nitrogen and oxygen atoms in total. The minimum Gasteiger partial charge on any atom is -0.480 e. The van der Waals surface area contributed by atoms with Gasteiger partial charge in [-0.1, -0.05) is 42.3 Å². The summed E-state index contributed by atoms with van der Waals surface area (Å²) < 4.78 is 2.78. The van der Waals surface area contributed by atoms with Crippen molar-refractivity contribution in [2.45, 2.75) is 32.9 Å². The normalized spacial score (nSPS) is 13.8. The third-order valence-corrected chi connectivity index (χ3v) is 4.56. The van der Waals surface area contributed by atoms with Crippen LogP contribution in [-0.4, -0.2) is 27.6 Å². The van der Waals surface area contributed by atoms with Gasteiger partial charge in [-0.3, -0.25) is 4.79 Å². The van der Waals surface area contributed by atoms with Crippen molar-refractivity contribution in [3.05, 3.63) is 34.9 Å². The van der Waals surface area contributed by atoms with E-state index in [0.29, 0.717) is 6.42 Å². The van der Waals surface area contributed by atoms with Gasteiger partial charge in [0.25, 0.3) is 0 Å². The van der Waals surface area contributed by atoms with E-state index in [-0.39, 0.29) is 18.4 Å². The highest BCUT2D eigenvalue weighted by Crippen LogP contribution is 2.24. The molecule has 0 aliphatic rings. The number of amides is 1. The molecule has 118 valence electrons. The van der Waals surface area contributed by atoms with Crippen LogP contribution in [0.3, 0.4) is 0 Å². The van der Waals surface area contributed by atoms with E-state index in [1.165, 1.54) is 0 Å². The SMILES string of the molecule is CC[C@@H](C)[C@H](NC(=O)Cn1ccc2c(Br)cccc21)C(=O)O. The van der Waals surface area contributed by atoms with Crippen molar-refractivity contribution < 1.29 is 14.7 Å². The summed E-state index contributed by atoms with van der Waals surface area (Å²) in [5.41, 5.74) is 0.930. The van der Waals surface area contributed by atoms with E-state index in [4.69, 9.17) is 0 Å². The molecule has 0 aliphatic carbocycles. The van der Waals surface area contributed by atoms with E-state index in [9.17, 15) is 14.7 Å². The molecule has 0 unspecified atom stereocenters. The van der Waals surface area contributed by atoms with Crippen molar-refractivity contribution >= 4 is 38.7 Å². The maximum atomic E-state index is 12.2. The molecule has 22 heavy (non-hydrogen) atoms. The fraction of sp³-hybridized carbons (Fsp3) is 0.375. The van der Waals surface area contributed by atoms with Gasteiger partial charge in [0.2, 0.25) is 5.91 Å². The molecule has 1 aromatic heterocycles. The summed E-state index contributed by atoms with van der Waals surface area (Å²) in [5.74, 6) is -1.41. The predicted octanol–water partition coefficient (Wildman–Crippen LogP) is 3.02. The molecule has 0 aliphatic heterocycles. The van der Waals surface area contributed by atoms with Crippen molar-refractivity contribution in [3.63, 3.8) is 0 Å². The molecule has 0 radical (unpaired) electrons. The van der Waals surface area contributed by atoms with Gasteiger partial charge in [0, 0.05) is 21.6 Å². The highest BCUT2D eigenvalue weighted by atomic mass is 79.9. The van der Waals surface area contributed by atoms with Gasteiger partial charge < -0.3 is 15.0 Å². The molecule has 2 aromatic rings. The predicted molar refractivity (Wildman–Crippen MR) is 88.7 cm³/mol. The Hall–Kier alpha value is -1.82. The average Bonchev–Trinajstić information content (AvgIpc) is 2.88. The zero-order chi connectivity index (χ0) is 16.3. The van der Waals surface area contributed by atoms with E-state index < -0.39 is 12.0 Å². The second kappa shape index (κ2) is 6.96. The number of rotatable bonds is 6. The van der Waals surface area contributed by atoms with Crippen LogP contribution in [0.25, 0.3) is 10.9 Å². The summed E-state index contributed by atoms with van der Waals surface area (Å²) in [6, 6.07) is 6.84. The van der Waals surface area contributed by atoms with Gasteiger partial charge in [-0.25, -0.2) is 4.79 Å². The van der Waals surface area contributed by atoms with Crippen LogP contribution in [0.4, 0.5) is 0 Å². The molecule has 0 bridgehead atoms. The second-order valence-electron chi connectivity index (χ2n) is 5.39. The first-order chi connectivity index (χ1) is 10.4. The van der Waals surface area contributed by atoms with Gasteiger partial charge in [-0.05, 0) is 24.1 Å². The van der Waals surface area contributed by atoms with E-state index >= 15 is 0 Å². The quantitative estimate of drug-likeness (QED) is 0.825. The number of fused-ring (bicyclic) bond motifs is 1. The third kappa shape index (κ3) is 3.50. The number of carbonyl (C=O) groups is 2. The summed E-state index contributed by atoms with van der Waals surface area (Å²) >= 11 is 3.47. The number of benzene rings is 1. The topological polar surface area (TPSA) is 71.3 Å². The number of aromatic nitrogens is 1. The van der Waals surface area contributed by atoms with Crippen molar-refractivity contribution in [3.8, 4) is 0 Å². The van der Waals surface area contributed by atoms with E-state index in [1.54, 1.807) is 0 Å². The summed E-state index contributed by atoms with van der Waals surface area (Å²) in [5, 5.41) is 12.9.